The molecule has 1 aromatic carbocycles. The van der Waals surface area contributed by atoms with Crippen molar-refractivity contribution < 1.29 is 9.53 Å². The van der Waals surface area contributed by atoms with Gasteiger partial charge < -0.3 is 14.2 Å². The van der Waals surface area contributed by atoms with Crippen LogP contribution in [0.2, 0.25) is 5.02 Å². The fraction of sp³-hybridized carbons (Fsp3) is 0.400. The number of hydrogen-bond acceptors (Lipinski definition) is 5. The number of imidazole rings is 1. The number of benzene rings is 1. The van der Waals surface area contributed by atoms with E-state index in [1.807, 2.05) is 0 Å². The third kappa shape index (κ3) is 4.11. The molecule has 2 aromatic heterocycles. The van der Waals surface area contributed by atoms with Crippen molar-refractivity contribution in [1.29, 1.82) is 0 Å². The number of aromatic nitrogens is 4. The Morgan fingerprint density at radius 3 is 2.67 bits per heavy atom. The van der Waals surface area contributed by atoms with Gasteiger partial charge in [0.2, 0.25) is 5.91 Å². The quantitative estimate of drug-likeness (QED) is 0.563. The van der Waals surface area contributed by atoms with Gasteiger partial charge in [-0.05, 0) is 24.6 Å². The average molecular weight is 434 g/mol. The van der Waals surface area contributed by atoms with Crippen LogP contribution in [0, 0.1) is 0 Å². The number of fused-ring (bicyclic) bond motifs is 1. The molecule has 0 atom stereocenters. The zero-order valence-corrected chi connectivity index (χ0v) is 18.1. The monoisotopic (exact) mass is 433 g/mol. The van der Waals surface area contributed by atoms with Crippen LogP contribution in [0.1, 0.15) is 18.4 Å². The van der Waals surface area contributed by atoms with E-state index in [0.717, 1.165) is 10.1 Å². The highest BCUT2D eigenvalue weighted by molar-refractivity contribution is 6.30. The fourth-order valence-corrected chi connectivity index (χ4v) is 3.57. The van der Waals surface area contributed by atoms with Crippen molar-refractivity contribution in [2.24, 2.45) is 14.1 Å². The Balaban J connectivity index is 1.67. The van der Waals surface area contributed by atoms with Crippen molar-refractivity contribution in [1.82, 2.24) is 23.6 Å². The van der Waals surface area contributed by atoms with E-state index in [2.05, 4.69) is 4.98 Å². The highest BCUT2D eigenvalue weighted by atomic mass is 35.5. The number of ether oxygens (including phenoxy) is 1. The minimum absolute atomic E-state index is 0.0400. The molecule has 0 saturated heterocycles. The van der Waals surface area contributed by atoms with Gasteiger partial charge >= 0.3 is 5.69 Å². The van der Waals surface area contributed by atoms with Crippen LogP contribution in [-0.4, -0.2) is 43.6 Å². The number of hydrogen-bond donors (Lipinski definition) is 0. The minimum atomic E-state index is -0.425. The molecule has 3 aromatic rings. The first-order chi connectivity index (χ1) is 14.2. The van der Waals surface area contributed by atoms with Crippen molar-refractivity contribution in [3.8, 4) is 5.75 Å². The summed E-state index contributed by atoms with van der Waals surface area (Å²) in [6, 6.07) is 5.29. The number of methoxy groups -OCH3 is 1. The van der Waals surface area contributed by atoms with E-state index in [1.165, 1.54) is 17.9 Å². The smallest absolute Gasteiger partial charge is 0.332 e. The number of amides is 1. The van der Waals surface area contributed by atoms with Crippen LogP contribution < -0.4 is 16.0 Å². The molecule has 3 rings (SSSR count). The van der Waals surface area contributed by atoms with E-state index >= 15 is 0 Å². The number of nitrogens with zero attached hydrogens (tertiary/aromatic N) is 5. The zero-order chi connectivity index (χ0) is 22.0. The van der Waals surface area contributed by atoms with Gasteiger partial charge in [-0.2, -0.15) is 0 Å². The van der Waals surface area contributed by atoms with Crippen LogP contribution in [0.3, 0.4) is 0 Å². The largest absolute Gasteiger partial charge is 0.496 e. The minimum Gasteiger partial charge on any atom is -0.496 e. The number of carbonyl (C=O) groups excluding carboxylic acids is 1. The summed E-state index contributed by atoms with van der Waals surface area (Å²) in [7, 11) is 6.30. The van der Waals surface area contributed by atoms with Gasteiger partial charge in [0.1, 0.15) is 5.75 Å². The second kappa shape index (κ2) is 8.74. The highest BCUT2D eigenvalue weighted by Crippen LogP contribution is 2.24. The lowest BCUT2D eigenvalue weighted by Gasteiger charge is -2.19. The molecule has 0 unspecified atom stereocenters. The molecule has 30 heavy (non-hydrogen) atoms. The molecule has 0 aliphatic heterocycles. The molecule has 0 aliphatic carbocycles. The van der Waals surface area contributed by atoms with Gasteiger partial charge in [-0.3, -0.25) is 18.7 Å². The number of rotatable bonds is 7. The number of aryl methyl sites for hydroxylation is 2. The van der Waals surface area contributed by atoms with Crippen molar-refractivity contribution >= 4 is 28.7 Å². The van der Waals surface area contributed by atoms with Crippen LogP contribution in [0.4, 0.5) is 0 Å². The maximum atomic E-state index is 12.6. The average Bonchev–Trinajstić information content (AvgIpc) is 3.14. The van der Waals surface area contributed by atoms with E-state index in [-0.39, 0.29) is 5.91 Å². The summed E-state index contributed by atoms with van der Waals surface area (Å²) in [4.78, 5) is 42.8. The van der Waals surface area contributed by atoms with Crippen LogP contribution in [-0.2, 0) is 32.0 Å². The normalized spacial score (nSPS) is 11.1. The summed E-state index contributed by atoms with van der Waals surface area (Å²) >= 11 is 6.05. The molecule has 0 N–H and O–H groups in total. The first-order valence-electron chi connectivity index (χ1n) is 9.41. The Hall–Kier alpha value is -3.07. The number of halogens is 1. The lowest BCUT2D eigenvalue weighted by Crippen LogP contribution is -2.37. The summed E-state index contributed by atoms with van der Waals surface area (Å²) in [6.07, 6.45) is 2.34. The first kappa shape index (κ1) is 21.6. The predicted octanol–water partition coefficient (Wildman–Crippen LogP) is 1.53. The van der Waals surface area contributed by atoms with E-state index in [0.29, 0.717) is 47.9 Å². The Morgan fingerprint density at radius 1 is 1.23 bits per heavy atom. The third-order valence-electron chi connectivity index (χ3n) is 5.08. The molecule has 0 aliphatic rings. The van der Waals surface area contributed by atoms with Gasteiger partial charge in [0.25, 0.3) is 5.56 Å². The lowest BCUT2D eigenvalue weighted by atomic mass is 10.1. The molecule has 0 bridgehead atoms. The van der Waals surface area contributed by atoms with Gasteiger partial charge in [0.05, 0.1) is 13.4 Å². The molecule has 10 heteroatoms. The van der Waals surface area contributed by atoms with E-state index in [1.54, 1.807) is 48.9 Å². The molecule has 1 amide bonds. The fourth-order valence-electron chi connectivity index (χ4n) is 3.37. The maximum absolute atomic E-state index is 12.6. The van der Waals surface area contributed by atoms with Gasteiger partial charge in [-0.15, -0.1) is 0 Å². The van der Waals surface area contributed by atoms with Crippen molar-refractivity contribution in [2.75, 3.05) is 14.2 Å². The zero-order valence-electron chi connectivity index (χ0n) is 17.4. The summed E-state index contributed by atoms with van der Waals surface area (Å²) in [5.41, 5.74) is 0.683. The topological polar surface area (TPSA) is 91.4 Å². The lowest BCUT2D eigenvalue weighted by molar-refractivity contribution is -0.130. The van der Waals surface area contributed by atoms with Crippen molar-refractivity contribution in [3.05, 3.63) is 56.0 Å². The molecule has 160 valence electrons. The van der Waals surface area contributed by atoms with Gasteiger partial charge in [-0.1, -0.05) is 11.6 Å². The standard InChI is InChI=1S/C20H24ClN5O4/c1-23(11-13-10-14(21)7-8-15(13)30-4)16(27)6-5-9-26-12-22-18-17(26)19(28)25(3)20(29)24(18)2/h7-8,10,12H,5-6,9,11H2,1-4H3. The summed E-state index contributed by atoms with van der Waals surface area (Å²) < 4.78 is 9.40. The van der Waals surface area contributed by atoms with Crippen LogP contribution >= 0.6 is 11.6 Å². The van der Waals surface area contributed by atoms with E-state index in [9.17, 15) is 14.4 Å². The molecular formula is C20H24ClN5O4. The second-order valence-corrected chi connectivity index (χ2v) is 7.56. The van der Waals surface area contributed by atoms with Gasteiger partial charge in [0.15, 0.2) is 11.2 Å². The molecule has 0 saturated carbocycles. The summed E-state index contributed by atoms with van der Waals surface area (Å²) in [6.45, 7) is 0.809. The maximum Gasteiger partial charge on any atom is 0.332 e. The SMILES string of the molecule is COc1ccc(Cl)cc1CN(C)C(=O)CCCn1cnc2c1c(=O)n(C)c(=O)n2C. The van der Waals surface area contributed by atoms with Gasteiger partial charge in [-0.25, -0.2) is 9.78 Å². The Labute approximate surface area is 178 Å². The predicted molar refractivity (Wildman–Crippen MR) is 114 cm³/mol. The van der Waals surface area contributed by atoms with E-state index in [4.69, 9.17) is 16.3 Å². The van der Waals surface area contributed by atoms with E-state index < -0.39 is 11.2 Å². The second-order valence-electron chi connectivity index (χ2n) is 7.13. The molecule has 0 fully saturated rings. The number of carbonyl (C=O) groups is 1. The van der Waals surface area contributed by atoms with Crippen LogP contribution in [0.15, 0.2) is 34.1 Å². The molecule has 0 radical (unpaired) electrons. The van der Waals surface area contributed by atoms with Gasteiger partial charge in [0, 0.05) is 51.2 Å². The van der Waals surface area contributed by atoms with Crippen molar-refractivity contribution in [2.45, 2.75) is 25.9 Å². The highest BCUT2D eigenvalue weighted by Gasteiger charge is 2.16. The Morgan fingerprint density at radius 2 is 1.97 bits per heavy atom. The first-order valence-corrected chi connectivity index (χ1v) is 9.79. The molecule has 0 spiro atoms. The third-order valence-corrected chi connectivity index (χ3v) is 5.32. The van der Waals surface area contributed by atoms with Crippen LogP contribution in [0.5, 0.6) is 5.75 Å². The summed E-state index contributed by atoms with van der Waals surface area (Å²) in [5, 5.41) is 0.578. The molecule has 2 heterocycles. The Kier molecular flexibility index (Phi) is 6.31. The Bertz CT molecular complexity index is 1210. The molecular weight excluding hydrogens is 410 g/mol. The van der Waals surface area contributed by atoms with Crippen LogP contribution in [0.25, 0.3) is 11.2 Å². The van der Waals surface area contributed by atoms with Crippen molar-refractivity contribution in [3.63, 3.8) is 0 Å². The summed E-state index contributed by atoms with van der Waals surface area (Å²) in [5.74, 6) is 0.632. The molecule has 9 nitrogen and oxygen atoms in total.